The van der Waals surface area contributed by atoms with E-state index in [2.05, 4.69) is 6.92 Å². The molecule has 3 nitrogen and oxygen atoms in total. The van der Waals surface area contributed by atoms with Gasteiger partial charge in [0.1, 0.15) is 0 Å². The second-order valence-corrected chi connectivity index (χ2v) is 7.72. The van der Waals surface area contributed by atoms with Crippen LogP contribution in [0.2, 0.25) is 0 Å². The molecule has 4 rings (SSSR count). The first kappa shape index (κ1) is 13.4. The molecule has 1 amide bonds. The minimum Gasteiger partial charge on any atom is -0.345 e. The van der Waals surface area contributed by atoms with Crippen molar-refractivity contribution in [3.63, 3.8) is 0 Å². The van der Waals surface area contributed by atoms with Crippen molar-refractivity contribution in [1.82, 2.24) is 4.90 Å². The first-order chi connectivity index (χ1) is 9.02. The lowest BCUT2D eigenvalue weighted by Gasteiger charge is -2.56. The van der Waals surface area contributed by atoms with Crippen molar-refractivity contribution in [3.05, 3.63) is 0 Å². The Labute approximate surface area is 116 Å². The van der Waals surface area contributed by atoms with Gasteiger partial charge in [0.15, 0.2) is 0 Å². The normalized spacial score (nSPS) is 41.3. The fourth-order valence-corrected chi connectivity index (χ4v) is 5.40. The highest BCUT2D eigenvalue weighted by Gasteiger charge is 2.55. The molecule has 0 aromatic rings. The number of carbonyl (C=O) groups excluding carboxylic acids is 1. The maximum Gasteiger partial charge on any atom is 0.228 e. The van der Waals surface area contributed by atoms with E-state index in [0.717, 1.165) is 24.3 Å². The van der Waals surface area contributed by atoms with Crippen molar-refractivity contribution in [1.29, 1.82) is 0 Å². The average Bonchev–Trinajstić information content (AvgIpc) is 2.36. The van der Waals surface area contributed by atoms with Crippen LogP contribution in [0.25, 0.3) is 0 Å². The second-order valence-electron chi connectivity index (χ2n) is 7.72. The van der Waals surface area contributed by atoms with Crippen molar-refractivity contribution in [2.45, 2.75) is 45.4 Å². The second kappa shape index (κ2) is 4.76. The molecule has 0 aliphatic heterocycles. The summed E-state index contributed by atoms with van der Waals surface area (Å²) in [5.74, 6) is 3.36. The summed E-state index contributed by atoms with van der Waals surface area (Å²) in [6, 6.07) is 0. The smallest absolute Gasteiger partial charge is 0.228 e. The molecule has 0 saturated heterocycles. The van der Waals surface area contributed by atoms with Gasteiger partial charge in [-0.1, -0.05) is 6.92 Å². The van der Waals surface area contributed by atoms with E-state index in [-0.39, 0.29) is 5.41 Å². The Balaban J connectivity index is 1.72. The quantitative estimate of drug-likeness (QED) is 0.846. The molecule has 1 atom stereocenters. The van der Waals surface area contributed by atoms with Gasteiger partial charge >= 0.3 is 0 Å². The Kier molecular flexibility index (Phi) is 3.36. The summed E-state index contributed by atoms with van der Waals surface area (Å²) in [6.45, 7) is 3.61. The monoisotopic (exact) mass is 264 g/mol. The van der Waals surface area contributed by atoms with Crippen molar-refractivity contribution >= 4 is 5.91 Å². The molecule has 108 valence electrons. The van der Waals surface area contributed by atoms with E-state index in [4.69, 9.17) is 5.73 Å². The summed E-state index contributed by atoms with van der Waals surface area (Å²) in [4.78, 5) is 14.9. The van der Waals surface area contributed by atoms with Crippen LogP contribution in [0.3, 0.4) is 0 Å². The largest absolute Gasteiger partial charge is 0.345 e. The van der Waals surface area contributed by atoms with Crippen LogP contribution < -0.4 is 5.73 Å². The number of rotatable bonds is 4. The van der Waals surface area contributed by atoms with Gasteiger partial charge in [-0.15, -0.1) is 0 Å². The molecule has 0 spiro atoms. The van der Waals surface area contributed by atoms with Gasteiger partial charge in [0.25, 0.3) is 0 Å². The zero-order chi connectivity index (χ0) is 13.6. The molecule has 2 N–H and O–H groups in total. The predicted octanol–water partition coefficient (Wildman–Crippen LogP) is 2.26. The van der Waals surface area contributed by atoms with Crippen LogP contribution in [0, 0.1) is 29.1 Å². The molecule has 1 unspecified atom stereocenters. The fraction of sp³-hybridized carbons (Fsp3) is 0.938. The van der Waals surface area contributed by atoms with E-state index in [1.54, 1.807) is 0 Å². The van der Waals surface area contributed by atoms with Crippen molar-refractivity contribution in [2.24, 2.45) is 34.8 Å². The fourth-order valence-electron chi connectivity index (χ4n) is 5.40. The van der Waals surface area contributed by atoms with Gasteiger partial charge < -0.3 is 10.6 Å². The molecule has 0 aromatic carbocycles. The van der Waals surface area contributed by atoms with Gasteiger partial charge in [0, 0.05) is 13.6 Å². The van der Waals surface area contributed by atoms with E-state index >= 15 is 0 Å². The Morgan fingerprint density at radius 2 is 1.68 bits per heavy atom. The lowest BCUT2D eigenvalue weighted by molar-refractivity contribution is -0.156. The highest BCUT2D eigenvalue weighted by Crippen LogP contribution is 2.60. The van der Waals surface area contributed by atoms with Crippen LogP contribution in [-0.2, 0) is 4.79 Å². The maximum absolute atomic E-state index is 12.9. The molecular weight excluding hydrogens is 236 g/mol. The standard InChI is InChI=1S/C16H28N2O/c1-11(9-17)10-18(2)15(19)16-6-12-3-13(7-16)5-14(4-12)8-16/h11-14H,3-10,17H2,1-2H3. The minimum absolute atomic E-state index is 0.0117. The molecule has 4 saturated carbocycles. The van der Waals surface area contributed by atoms with E-state index < -0.39 is 0 Å². The van der Waals surface area contributed by atoms with Crippen molar-refractivity contribution in [2.75, 3.05) is 20.1 Å². The van der Waals surface area contributed by atoms with E-state index in [1.807, 2.05) is 11.9 Å². The first-order valence-corrected chi connectivity index (χ1v) is 7.98. The third-order valence-electron chi connectivity index (χ3n) is 5.83. The molecular formula is C16H28N2O. The molecule has 4 fully saturated rings. The van der Waals surface area contributed by atoms with Crippen LogP contribution in [-0.4, -0.2) is 30.9 Å². The predicted molar refractivity (Wildman–Crippen MR) is 76.5 cm³/mol. The molecule has 4 aliphatic rings. The Morgan fingerprint density at radius 3 is 2.11 bits per heavy atom. The highest BCUT2D eigenvalue weighted by atomic mass is 16.2. The Morgan fingerprint density at radius 1 is 1.21 bits per heavy atom. The lowest BCUT2D eigenvalue weighted by Crippen LogP contribution is -2.54. The van der Waals surface area contributed by atoms with Gasteiger partial charge in [-0.3, -0.25) is 4.79 Å². The highest BCUT2D eigenvalue weighted by molar-refractivity contribution is 5.83. The SMILES string of the molecule is CC(CN)CN(C)C(=O)C12CC3CC(CC(C3)C1)C2. The zero-order valence-electron chi connectivity index (χ0n) is 12.4. The lowest BCUT2D eigenvalue weighted by atomic mass is 9.49. The summed E-state index contributed by atoms with van der Waals surface area (Å²) >= 11 is 0. The number of carbonyl (C=O) groups is 1. The zero-order valence-corrected chi connectivity index (χ0v) is 12.4. The third-order valence-corrected chi connectivity index (χ3v) is 5.83. The summed E-state index contributed by atoms with van der Waals surface area (Å²) in [7, 11) is 1.98. The minimum atomic E-state index is 0.0117. The number of amides is 1. The van der Waals surface area contributed by atoms with Gasteiger partial charge in [-0.2, -0.15) is 0 Å². The van der Waals surface area contributed by atoms with Gasteiger partial charge in [0.05, 0.1) is 5.41 Å². The first-order valence-electron chi connectivity index (χ1n) is 7.98. The van der Waals surface area contributed by atoms with Crippen molar-refractivity contribution < 1.29 is 4.79 Å². The summed E-state index contributed by atoms with van der Waals surface area (Å²) < 4.78 is 0. The summed E-state index contributed by atoms with van der Waals surface area (Å²) in [6.07, 6.45) is 7.69. The molecule has 0 radical (unpaired) electrons. The molecule has 3 heteroatoms. The Hall–Kier alpha value is -0.570. The Bertz CT molecular complexity index is 330. The number of hydrogen-bond donors (Lipinski definition) is 1. The van der Waals surface area contributed by atoms with Crippen LogP contribution in [0.15, 0.2) is 0 Å². The third kappa shape index (κ3) is 2.31. The number of hydrogen-bond acceptors (Lipinski definition) is 2. The number of nitrogens with zero attached hydrogens (tertiary/aromatic N) is 1. The average molecular weight is 264 g/mol. The molecule has 0 aromatic heterocycles. The van der Waals surface area contributed by atoms with Gasteiger partial charge in [0.2, 0.25) is 5.91 Å². The topological polar surface area (TPSA) is 46.3 Å². The van der Waals surface area contributed by atoms with Crippen LogP contribution in [0.4, 0.5) is 0 Å². The maximum atomic E-state index is 12.9. The van der Waals surface area contributed by atoms with E-state index in [1.165, 1.54) is 38.5 Å². The van der Waals surface area contributed by atoms with E-state index in [0.29, 0.717) is 18.4 Å². The molecule has 0 heterocycles. The molecule has 19 heavy (non-hydrogen) atoms. The van der Waals surface area contributed by atoms with Crippen LogP contribution >= 0.6 is 0 Å². The number of nitrogens with two attached hydrogens (primary N) is 1. The van der Waals surface area contributed by atoms with Crippen LogP contribution in [0.1, 0.15) is 45.4 Å². The molecule has 4 aliphatic carbocycles. The van der Waals surface area contributed by atoms with Gasteiger partial charge in [-0.25, -0.2) is 0 Å². The summed E-state index contributed by atoms with van der Waals surface area (Å²) in [5.41, 5.74) is 5.70. The van der Waals surface area contributed by atoms with Gasteiger partial charge in [-0.05, 0) is 68.7 Å². The summed E-state index contributed by atoms with van der Waals surface area (Å²) in [5, 5.41) is 0. The van der Waals surface area contributed by atoms with Crippen molar-refractivity contribution in [3.8, 4) is 0 Å². The molecule has 4 bridgehead atoms. The van der Waals surface area contributed by atoms with Crippen LogP contribution in [0.5, 0.6) is 0 Å². The van der Waals surface area contributed by atoms with E-state index in [9.17, 15) is 4.79 Å².